The standard InChI is InChI=1S/C9H7N5O2/c1-13-9(15)14-6(7-5-10-12-16-7)3-2-4-8(14)11-13/h2-5H,1H3. The molecule has 0 spiro atoms. The second-order valence-corrected chi connectivity index (χ2v) is 3.29. The minimum absolute atomic E-state index is 0.234. The lowest BCUT2D eigenvalue weighted by Crippen LogP contribution is -2.18. The van der Waals surface area contributed by atoms with Crippen molar-refractivity contribution in [1.29, 1.82) is 0 Å². The Labute approximate surface area is 88.9 Å². The molecule has 80 valence electrons. The summed E-state index contributed by atoms with van der Waals surface area (Å²) < 4.78 is 7.65. The number of nitrogens with zero attached hydrogens (tertiary/aromatic N) is 5. The minimum Gasteiger partial charge on any atom is -0.335 e. The van der Waals surface area contributed by atoms with Crippen molar-refractivity contribution in [3.63, 3.8) is 0 Å². The Morgan fingerprint density at radius 3 is 3.00 bits per heavy atom. The first kappa shape index (κ1) is 8.84. The zero-order chi connectivity index (χ0) is 11.1. The van der Waals surface area contributed by atoms with E-state index in [1.54, 1.807) is 25.2 Å². The van der Waals surface area contributed by atoms with Crippen LogP contribution in [0.15, 0.2) is 33.7 Å². The molecular formula is C9H7N5O2. The third kappa shape index (κ3) is 1.08. The molecule has 16 heavy (non-hydrogen) atoms. The van der Waals surface area contributed by atoms with Crippen molar-refractivity contribution in [2.24, 2.45) is 7.05 Å². The van der Waals surface area contributed by atoms with E-state index >= 15 is 0 Å². The van der Waals surface area contributed by atoms with Gasteiger partial charge < -0.3 is 4.52 Å². The Hall–Kier alpha value is -2.44. The molecule has 0 saturated carbocycles. The third-order valence-electron chi connectivity index (χ3n) is 2.30. The van der Waals surface area contributed by atoms with Crippen molar-refractivity contribution in [2.45, 2.75) is 0 Å². The van der Waals surface area contributed by atoms with Crippen LogP contribution in [0.1, 0.15) is 0 Å². The Morgan fingerprint density at radius 2 is 2.25 bits per heavy atom. The maximum Gasteiger partial charge on any atom is 0.350 e. The minimum atomic E-state index is -0.234. The molecule has 0 aliphatic rings. The fourth-order valence-electron chi connectivity index (χ4n) is 1.59. The molecule has 3 heterocycles. The van der Waals surface area contributed by atoms with Crippen LogP contribution in [0.3, 0.4) is 0 Å². The summed E-state index contributed by atoms with van der Waals surface area (Å²) in [6, 6.07) is 5.28. The second-order valence-electron chi connectivity index (χ2n) is 3.29. The molecule has 0 unspecified atom stereocenters. The van der Waals surface area contributed by atoms with Crippen LogP contribution in [-0.4, -0.2) is 24.6 Å². The molecule has 0 saturated heterocycles. The van der Waals surface area contributed by atoms with E-state index in [9.17, 15) is 4.79 Å². The zero-order valence-corrected chi connectivity index (χ0v) is 8.36. The molecule has 3 aromatic rings. The number of pyridine rings is 1. The molecular weight excluding hydrogens is 210 g/mol. The highest BCUT2D eigenvalue weighted by molar-refractivity contribution is 5.56. The number of hydrogen-bond acceptors (Lipinski definition) is 5. The van der Waals surface area contributed by atoms with Gasteiger partial charge in [-0.05, 0) is 12.1 Å². The first-order valence-corrected chi connectivity index (χ1v) is 4.60. The van der Waals surface area contributed by atoms with Gasteiger partial charge in [-0.1, -0.05) is 6.07 Å². The van der Waals surface area contributed by atoms with E-state index in [4.69, 9.17) is 4.52 Å². The van der Waals surface area contributed by atoms with Crippen LogP contribution in [0.4, 0.5) is 0 Å². The van der Waals surface area contributed by atoms with Crippen LogP contribution >= 0.6 is 0 Å². The van der Waals surface area contributed by atoms with Gasteiger partial charge in [0.05, 0.1) is 5.69 Å². The van der Waals surface area contributed by atoms with E-state index in [1.165, 1.54) is 15.3 Å². The van der Waals surface area contributed by atoms with Crippen LogP contribution in [0.5, 0.6) is 0 Å². The lowest BCUT2D eigenvalue weighted by atomic mass is 10.3. The maximum absolute atomic E-state index is 11.8. The predicted molar refractivity (Wildman–Crippen MR) is 53.7 cm³/mol. The van der Waals surface area contributed by atoms with Gasteiger partial charge >= 0.3 is 5.69 Å². The molecule has 0 radical (unpaired) electrons. The SMILES string of the molecule is Cn1nc2cccc(-c3cnno3)n2c1=O. The number of aromatic nitrogens is 5. The van der Waals surface area contributed by atoms with Gasteiger partial charge in [-0.2, -0.15) is 5.10 Å². The van der Waals surface area contributed by atoms with E-state index < -0.39 is 0 Å². The zero-order valence-electron chi connectivity index (χ0n) is 8.36. The maximum atomic E-state index is 11.8. The van der Waals surface area contributed by atoms with Crippen molar-refractivity contribution < 1.29 is 4.52 Å². The average molecular weight is 217 g/mol. The lowest BCUT2D eigenvalue weighted by molar-refractivity contribution is 0.402. The van der Waals surface area contributed by atoms with Gasteiger partial charge in [0.2, 0.25) is 5.76 Å². The van der Waals surface area contributed by atoms with Gasteiger partial charge in [0.25, 0.3) is 0 Å². The molecule has 0 aromatic carbocycles. The summed E-state index contributed by atoms with van der Waals surface area (Å²) >= 11 is 0. The molecule has 0 fully saturated rings. The molecule has 7 nitrogen and oxygen atoms in total. The average Bonchev–Trinajstić information content (AvgIpc) is 2.88. The van der Waals surface area contributed by atoms with E-state index in [0.29, 0.717) is 17.1 Å². The van der Waals surface area contributed by atoms with Crippen LogP contribution in [0.2, 0.25) is 0 Å². The van der Waals surface area contributed by atoms with Gasteiger partial charge in [0.15, 0.2) is 5.65 Å². The van der Waals surface area contributed by atoms with Crippen molar-refractivity contribution in [3.05, 3.63) is 34.9 Å². The number of aryl methyl sites for hydroxylation is 1. The Bertz CT molecular complexity index is 694. The van der Waals surface area contributed by atoms with E-state index in [0.717, 1.165) is 0 Å². The summed E-state index contributed by atoms with van der Waals surface area (Å²) in [6.45, 7) is 0. The summed E-state index contributed by atoms with van der Waals surface area (Å²) in [5.41, 5.74) is 0.906. The Balaban J connectivity index is 2.46. The summed E-state index contributed by atoms with van der Waals surface area (Å²) in [5, 5.41) is 11.0. The number of rotatable bonds is 1. The normalized spacial score (nSPS) is 11.1. The molecule has 0 atom stereocenters. The topological polar surface area (TPSA) is 78.2 Å². The first-order chi connectivity index (χ1) is 7.77. The summed E-state index contributed by atoms with van der Waals surface area (Å²) in [7, 11) is 1.59. The van der Waals surface area contributed by atoms with Crippen LogP contribution in [0.25, 0.3) is 17.1 Å². The van der Waals surface area contributed by atoms with E-state index in [2.05, 4.69) is 15.5 Å². The Kier molecular flexibility index (Phi) is 1.67. The highest BCUT2D eigenvalue weighted by Crippen LogP contribution is 2.16. The third-order valence-corrected chi connectivity index (χ3v) is 2.30. The molecule has 3 rings (SSSR count). The van der Waals surface area contributed by atoms with Gasteiger partial charge in [0, 0.05) is 12.3 Å². The first-order valence-electron chi connectivity index (χ1n) is 4.60. The Morgan fingerprint density at radius 1 is 1.38 bits per heavy atom. The highest BCUT2D eigenvalue weighted by atomic mass is 16.5. The number of fused-ring (bicyclic) bond motifs is 1. The van der Waals surface area contributed by atoms with Gasteiger partial charge in [-0.3, -0.25) is 0 Å². The monoisotopic (exact) mass is 217 g/mol. The fraction of sp³-hybridized carbons (Fsp3) is 0.111. The molecule has 7 heteroatoms. The molecule has 3 aromatic heterocycles. The van der Waals surface area contributed by atoms with Crippen molar-refractivity contribution in [2.75, 3.05) is 0 Å². The van der Waals surface area contributed by atoms with E-state index in [-0.39, 0.29) is 5.69 Å². The number of hydrogen-bond donors (Lipinski definition) is 0. The lowest BCUT2D eigenvalue weighted by Gasteiger charge is -1.97. The van der Waals surface area contributed by atoms with Gasteiger partial charge in [-0.15, -0.1) is 5.10 Å². The molecule has 0 amide bonds. The smallest absolute Gasteiger partial charge is 0.335 e. The van der Waals surface area contributed by atoms with E-state index in [1.807, 2.05) is 0 Å². The van der Waals surface area contributed by atoms with Crippen molar-refractivity contribution >= 4 is 5.65 Å². The molecule has 0 aliphatic carbocycles. The molecule has 0 aliphatic heterocycles. The predicted octanol–water partition coefficient (Wildman–Crippen LogP) is 0.0830. The van der Waals surface area contributed by atoms with Crippen molar-refractivity contribution in [3.8, 4) is 11.5 Å². The fourth-order valence-corrected chi connectivity index (χ4v) is 1.59. The van der Waals surface area contributed by atoms with Crippen molar-refractivity contribution in [1.82, 2.24) is 24.6 Å². The molecule has 0 N–H and O–H groups in total. The quantitative estimate of drug-likeness (QED) is 0.577. The summed E-state index contributed by atoms with van der Waals surface area (Å²) in [4.78, 5) is 11.8. The van der Waals surface area contributed by atoms with Gasteiger partial charge in [0.1, 0.15) is 6.20 Å². The van der Waals surface area contributed by atoms with Crippen LogP contribution < -0.4 is 5.69 Å². The highest BCUT2D eigenvalue weighted by Gasteiger charge is 2.12. The van der Waals surface area contributed by atoms with Gasteiger partial charge in [-0.25, -0.2) is 13.9 Å². The molecule has 0 bridgehead atoms. The second kappa shape index (κ2) is 3.02. The summed E-state index contributed by atoms with van der Waals surface area (Å²) in [5.74, 6) is 0.431. The summed E-state index contributed by atoms with van der Waals surface area (Å²) in [6.07, 6.45) is 1.45. The largest absolute Gasteiger partial charge is 0.350 e. The van der Waals surface area contributed by atoms with Crippen LogP contribution in [0, 0.1) is 0 Å². The van der Waals surface area contributed by atoms with Crippen LogP contribution in [-0.2, 0) is 7.05 Å².